The average Bonchev–Trinajstić information content (AvgIpc) is 2.10. The lowest BCUT2D eigenvalue weighted by Gasteiger charge is -1.85. The van der Waals surface area contributed by atoms with E-state index < -0.39 is 0 Å². The molecule has 0 spiro atoms. The summed E-state index contributed by atoms with van der Waals surface area (Å²) in [5.74, 6) is 0. The van der Waals surface area contributed by atoms with Crippen LogP contribution in [0.1, 0.15) is 5.56 Å². The number of nitrogens with zero attached hydrogens (tertiary/aromatic N) is 1. The summed E-state index contributed by atoms with van der Waals surface area (Å²) in [6, 6.07) is 10.0. The van der Waals surface area contributed by atoms with E-state index in [1.807, 2.05) is 36.4 Å². The summed E-state index contributed by atoms with van der Waals surface area (Å²) < 4.78 is 0. The molecule has 0 radical (unpaired) electrons. The van der Waals surface area contributed by atoms with E-state index in [-0.39, 0.29) is 0 Å². The highest BCUT2D eigenvalue weighted by Gasteiger charge is 1.75. The van der Waals surface area contributed by atoms with Gasteiger partial charge in [0.25, 0.3) is 0 Å². The quantitative estimate of drug-likeness (QED) is 0.535. The summed E-state index contributed by atoms with van der Waals surface area (Å²) in [5, 5.41) is 6.25. The highest BCUT2D eigenvalue weighted by atomic mass is 14.2. The molecule has 0 bridgehead atoms. The first-order chi connectivity index (χ1) is 4.93. The number of benzene rings is 1. The van der Waals surface area contributed by atoms with Crippen LogP contribution in [0.4, 0.5) is 0 Å². The summed E-state index contributed by atoms with van der Waals surface area (Å²) in [5.41, 5.74) is 1.17. The minimum Gasteiger partial charge on any atom is -0.512 e. The predicted octanol–water partition coefficient (Wildman–Crippen LogP) is 2.43. The smallest absolute Gasteiger partial charge is 0.0263 e. The Morgan fingerprint density at radius 1 is 1.20 bits per heavy atom. The highest BCUT2D eigenvalue weighted by Crippen LogP contribution is 1.97. The van der Waals surface area contributed by atoms with Crippen LogP contribution in [0.5, 0.6) is 0 Å². The Morgan fingerprint density at radius 3 is 2.00 bits per heavy atom. The second-order valence-corrected chi connectivity index (χ2v) is 1.61. The van der Waals surface area contributed by atoms with Crippen molar-refractivity contribution in [3.63, 3.8) is 0 Å². The molecule has 0 aliphatic carbocycles. The molecule has 1 nitrogen and oxygen atoms in total. The summed E-state index contributed by atoms with van der Waals surface area (Å²) in [4.78, 5) is 0. The van der Waals surface area contributed by atoms with E-state index in [0.717, 1.165) is 0 Å². The molecule has 0 aromatic heterocycles. The first-order valence-corrected chi connectivity index (χ1v) is 2.83. The normalized spacial score (nSPS) is 7.00. The van der Waals surface area contributed by atoms with Gasteiger partial charge in [-0.15, -0.1) is 0 Å². The zero-order valence-corrected chi connectivity index (χ0v) is 5.62. The van der Waals surface area contributed by atoms with Crippen molar-refractivity contribution in [3.05, 3.63) is 49.0 Å². The van der Waals surface area contributed by atoms with Gasteiger partial charge in [-0.3, -0.25) is 0 Å². The Balaban J connectivity index is 0.000000371. The molecule has 0 N–H and O–H groups in total. The van der Waals surface area contributed by atoms with Crippen molar-refractivity contribution in [1.29, 1.82) is 5.26 Å². The summed E-state index contributed by atoms with van der Waals surface area (Å²) in [6.07, 6.45) is 1.83. The molecule has 0 amide bonds. The monoisotopic (exact) mass is 130 g/mol. The maximum absolute atomic E-state index is 6.25. The van der Waals surface area contributed by atoms with Gasteiger partial charge in [-0.05, 0) is 5.56 Å². The summed E-state index contributed by atoms with van der Waals surface area (Å²) >= 11 is 0. The zero-order valence-electron chi connectivity index (χ0n) is 5.62. The van der Waals surface area contributed by atoms with Crippen molar-refractivity contribution in [3.8, 4) is 0 Å². The number of hydrogen-bond acceptors (Lipinski definition) is 1. The van der Waals surface area contributed by atoms with E-state index in [9.17, 15) is 0 Å². The van der Waals surface area contributed by atoms with Crippen LogP contribution in [0.3, 0.4) is 0 Å². The van der Waals surface area contributed by atoms with E-state index in [1.165, 1.54) is 5.56 Å². The van der Waals surface area contributed by atoms with Gasteiger partial charge in [0.15, 0.2) is 0 Å². The van der Waals surface area contributed by atoms with Crippen molar-refractivity contribution < 1.29 is 0 Å². The third-order valence-electron chi connectivity index (χ3n) is 1.04. The Kier molecular flexibility index (Phi) is 4.72. The second kappa shape index (κ2) is 5.58. The van der Waals surface area contributed by atoms with Crippen LogP contribution in [0.15, 0.2) is 36.9 Å². The maximum Gasteiger partial charge on any atom is -0.0263 e. The van der Waals surface area contributed by atoms with Gasteiger partial charge in [0.2, 0.25) is 0 Å². The highest BCUT2D eigenvalue weighted by molar-refractivity contribution is 5.45. The Labute approximate surface area is 61.2 Å². The molecule has 0 heterocycles. The number of hydrogen-bond donors (Lipinski definition) is 0. The lowest BCUT2D eigenvalue weighted by molar-refractivity contribution is 1.53. The first-order valence-electron chi connectivity index (χ1n) is 2.83. The van der Waals surface area contributed by atoms with Gasteiger partial charge in [0, 0.05) is 0 Å². The van der Waals surface area contributed by atoms with Crippen molar-refractivity contribution in [1.82, 2.24) is 0 Å². The van der Waals surface area contributed by atoms with E-state index in [4.69, 9.17) is 11.8 Å². The van der Waals surface area contributed by atoms with Crippen LogP contribution < -0.4 is 0 Å². The van der Waals surface area contributed by atoms with E-state index >= 15 is 0 Å². The molecule has 0 aliphatic rings. The van der Waals surface area contributed by atoms with Gasteiger partial charge in [0.05, 0.1) is 0 Å². The molecule has 1 rings (SSSR count). The Bertz CT molecular complexity index is 198. The van der Waals surface area contributed by atoms with Crippen molar-refractivity contribution in [2.45, 2.75) is 0 Å². The largest absolute Gasteiger partial charge is 0.512 e. The van der Waals surface area contributed by atoms with Crippen LogP contribution in [0.25, 0.3) is 6.08 Å². The molecule has 0 unspecified atom stereocenters. The molecular weight excluding hydrogens is 122 g/mol. The van der Waals surface area contributed by atoms with Crippen molar-refractivity contribution in [2.75, 3.05) is 0 Å². The molecule has 1 heteroatoms. The molecule has 1 aromatic rings. The maximum atomic E-state index is 6.25. The second-order valence-electron chi connectivity index (χ2n) is 1.61. The van der Waals surface area contributed by atoms with Crippen LogP contribution in [-0.4, -0.2) is 0 Å². The minimum atomic E-state index is 1.17. The van der Waals surface area contributed by atoms with Gasteiger partial charge in [0.1, 0.15) is 0 Å². The fraction of sp³-hybridized carbons (Fsp3) is 0. The molecular formula is C9H8N-. The zero-order chi connectivity index (χ0) is 7.82. The lowest BCUT2D eigenvalue weighted by atomic mass is 10.2. The lowest BCUT2D eigenvalue weighted by Crippen LogP contribution is -1.63. The van der Waals surface area contributed by atoms with E-state index in [2.05, 4.69) is 6.58 Å². The molecule has 0 saturated carbocycles. The van der Waals surface area contributed by atoms with Gasteiger partial charge in [-0.2, -0.15) is 0 Å². The van der Waals surface area contributed by atoms with Crippen LogP contribution in [0.2, 0.25) is 0 Å². The standard InChI is InChI=1S/C8H8.CN/c1-2-8-6-4-3-5-7-8;1-2/h2-7H,1H2;/q;-1. The first kappa shape index (κ1) is 8.45. The minimum absolute atomic E-state index is 1.17. The Morgan fingerprint density at radius 2 is 1.70 bits per heavy atom. The van der Waals surface area contributed by atoms with Crippen LogP contribution >= 0.6 is 0 Å². The average molecular weight is 130 g/mol. The van der Waals surface area contributed by atoms with Crippen molar-refractivity contribution >= 4 is 6.08 Å². The SMILES string of the molecule is C=Cc1ccccc1.[C-]#N. The van der Waals surface area contributed by atoms with Crippen LogP contribution in [0, 0.1) is 11.8 Å². The fourth-order valence-electron chi connectivity index (χ4n) is 0.589. The van der Waals surface area contributed by atoms with Crippen molar-refractivity contribution in [2.24, 2.45) is 0 Å². The van der Waals surface area contributed by atoms with E-state index in [0.29, 0.717) is 0 Å². The van der Waals surface area contributed by atoms with Gasteiger partial charge in [-0.25, -0.2) is 0 Å². The predicted molar refractivity (Wildman–Crippen MR) is 41.5 cm³/mol. The topological polar surface area (TPSA) is 23.8 Å². The summed E-state index contributed by atoms with van der Waals surface area (Å²) in [6.45, 7) is 8.38. The molecule has 0 fully saturated rings. The summed E-state index contributed by atoms with van der Waals surface area (Å²) in [7, 11) is 0. The van der Waals surface area contributed by atoms with E-state index in [1.54, 1.807) is 0 Å². The third-order valence-corrected chi connectivity index (χ3v) is 1.04. The molecule has 10 heavy (non-hydrogen) atoms. The molecule has 1 aromatic carbocycles. The van der Waals surface area contributed by atoms with Gasteiger partial charge >= 0.3 is 0 Å². The molecule has 0 atom stereocenters. The molecule has 0 saturated heterocycles. The third kappa shape index (κ3) is 2.68. The van der Waals surface area contributed by atoms with Gasteiger partial charge < -0.3 is 11.8 Å². The molecule has 50 valence electrons. The Hall–Kier alpha value is -1.55. The van der Waals surface area contributed by atoms with Crippen LogP contribution in [-0.2, 0) is 0 Å². The van der Waals surface area contributed by atoms with Gasteiger partial charge in [-0.1, -0.05) is 43.0 Å². The number of rotatable bonds is 1. The molecule has 0 aliphatic heterocycles. The fourth-order valence-corrected chi connectivity index (χ4v) is 0.589.